The highest BCUT2D eigenvalue weighted by atomic mass is 16.3. The van der Waals surface area contributed by atoms with E-state index in [1.54, 1.807) is 17.4 Å². The van der Waals surface area contributed by atoms with Gasteiger partial charge in [-0.05, 0) is 6.42 Å². The average molecular weight is 237 g/mol. The van der Waals surface area contributed by atoms with Crippen LogP contribution in [-0.2, 0) is 11.3 Å². The van der Waals surface area contributed by atoms with E-state index in [2.05, 4.69) is 4.98 Å². The lowest BCUT2D eigenvalue weighted by Gasteiger charge is -2.46. The van der Waals surface area contributed by atoms with Crippen molar-refractivity contribution in [2.24, 2.45) is 0 Å². The summed E-state index contributed by atoms with van der Waals surface area (Å²) in [5.74, 6) is 0.111. The normalized spacial score (nSPS) is 17.9. The van der Waals surface area contributed by atoms with Crippen LogP contribution in [-0.4, -0.2) is 44.2 Å². The van der Waals surface area contributed by atoms with Gasteiger partial charge >= 0.3 is 0 Å². The van der Waals surface area contributed by atoms with Crippen molar-refractivity contribution >= 4 is 5.91 Å². The first kappa shape index (κ1) is 12.1. The van der Waals surface area contributed by atoms with E-state index in [9.17, 15) is 9.90 Å². The number of amides is 1. The Balaban J connectivity index is 1.72. The summed E-state index contributed by atoms with van der Waals surface area (Å²) >= 11 is 0. The fourth-order valence-corrected chi connectivity index (χ4v) is 2.27. The van der Waals surface area contributed by atoms with Gasteiger partial charge in [-0.3, -0.25) is 4.79 Å². The number of nitrogens with zero attached hydrogens (tertiary/aromatic N) is 3. The highest BCUT2D eigenvalue weighted by Crippen LogP contribution is 2.26. The molecule has 0 spiro atoms. The molecule has 5 nitrogen and oxygen atoms in total. The zero-order valence-corrected chi connectivity index (χ0v) is 10.2. The highest BCUT2D eigenvalue weighted by Gasteiger charge is 2.42. The van der Waals surface area contributed by atoms with E-state index in [4.69, 9.17) is 0 Å². The summed E-state index contributed by atoms with van der Waals surface area (Å²) in [7, 11) is 0. The molecule has 94 valence electrons. The Labute approximate surface area is 101 Å². The molecule has 1 N–H and O–H groups in total. The molecule has 2 heterocycles. The van der Waals surface area contributed by atoms with Crippen LogP contribution in [0.4, 0.5) is 0 Å². The van der Waals surface area contributed by atoms with Crippen molar-refractivity contribution in [3.8, 4) is 0 Å². The zero-order chi connectivity index (χ0) is 12.3. The number of β-amino-alcohol motifs (C(OH)–C–C–N with tert-alkyl or cyclic N) is 1. The number of likely N-dealkylation sites (tertiary alicyclic amines) is 1. The Morgan fingerprint density at radius 3 is 2.88 bits per heavy atom. The number of aliphatic hydroxyl groups is 1. The summed E-state index contributed by atoms with van der Waals surface area (Å²) in [6.07, 6.45) is 7.45. The molecule has 0 saturated carbocycles. The predicted octanol–water partition coefficient (Wildman–Crippen LogP) is 0.647. The third kappa shape index (κ3) is 2.85. The molecule has 1 fully saturated rings. The van der Waals surface area contributed by atoms with Crippen molar-refractivity contribution in [3.63, 3.8) is 0 Å². The Hall–Kier alpha value is -1.36. The number of aromatic nitrogens is 2. The predicted molar refractivity (Wildman–Crippen MR) is 63.3 cm³/mol. The number of imidazole rings is 1. The summed E-state index contributed by atoms with van der Waals surface area (Å²) in [6, 6.07) is 0. The summed E-state index contributed by atoms with van der Waals surface area (Å²) in [6.45, 7) is 3.68. The molecule has 1 aliphatic rings. The molecule has 2 rings (SSSR count). The number of rotatable bonds is 5. The Morgan fingerprint density at radius 2 is 2.29 bits per heavy atom. The highest BCUT2D eigenvalue weighted by molar-refractivity contribution is 5.77. The summed E-state index contributed by atoms with van der Waals surface area (Å²) < 4.78 is 1.88. The van der Waals surface area contributed by atoms with Gasteiger partial charge in [0.15, 0.2) is 0 Å². The van der Waals surface area contributed by atoms with Crippen LogP contribution < -0.4 is 0 Å². The maximum atomic E-state index is 11.8. The standard InChI is InChI=1S/C12H19N3O2/c1-2-4-12(17)8-15(9-12)11(16)3-6-14-7-5-13-10-14/h5,7,10,17H,2-4,6,8-9H2,1H3. The van der Waals surface area contributed by atoms with Gasteiger partial charge in [0, 0.05) is 25.4 Å². The van der Waals surface area contributed by atoms with E-state index in [1.165, 1.54) is 0 Å². The van der Waals surface area contributed by atoms with Crippen LogP contribution in [0.15, 0.2) is 18.7 Å². The lowest BCUT2D eigenvalue weighted by atomic mass is 9.89. The molecular formula is C12H19N3O2. The van der Waals surface area contributed by atoms with Crippen molar-refractivity contribution in [2.45, 2.75) is 38.3 Å². The van der Waals surface area contributed by atoms with Crippen LogP contribution in [0.25, 0.3) is 0 Å². The third-order valence-electron chi connectivity index (χ3n) is 3.18. The van der Waals surface area contributed by atoms with E-state index in [0.29, 0.717) is 26.1 Å². The summed E-state index contributed by atoms with van der Waals surface area (Å²) in [4.78, 5) is 17.4. The van der Waals surface area contributed by atoms with Gasteiger partial charge in [0.1, 0.15) is 0 Å². The molecule has 1 aliphatic heterocycles. The molecule has 0 aromatic carbocycles. The lowest BCUT2D eigenvalue weighted by Crippen LogP contribution is -2.63. The minimum absolute atomic E-state index is 0.111. The molecule has 0 atom stereocenters. The SMILES string of the molecule is CCCC1(O)CN(C(=O)CCn2ccnc2)C1. The van der Waals surface area contributed by atoms with Crippen molar-refractivity contribution in [1.29, 1.82) is 0 Å². The van der Waals surface area contributed by atoms with Gasteiger partial charge in [-0.25, -0.2) is 4.98 Å². The topological polar surface area (TPSA) is 58.4 Å². The van der Waals surface area contributed by atoms with Gasteiger partial charge in [0.25, 0.3) is 0 Å². The fourth-order valence-electron chi connectivity index (χ4n) is 2.27. The molecule has 5 heteroatoms. The van der Waals surface area contributed by atoms with Crippen LogP contribution in [0.5, 0.6) is 0 Å². The van der Waals surface area contributed by atoms with Gasteiger partial charge in [-0.1, -0.05) is 13.3 Å². The lowest BCUT2D eigenvalue weighted by molar-refractivity contribution is -0.156. The van der Waals surface area contributed by atoms with E-state index < -0.39 is 5.60 Å². The largest absolute Gasteiger partial charge is 0.386 e. The van der Waals surface area contributed by atoms with Crippen molar-refractivity contribution in [2.75, 3.05) is 13.1 Å². The molecule has 1 saturated heterocycles. The maximum Gasteiger partial charge on any atom is 0.224 e. The van der Waals surface area contributed by atoms with Crippen molar-refractivity contribution in [1.82, 2.24) is 14.5 Å². The molecular weight excluding hydrogens is 218 g/mol. The average Bonchev–Trinajstić information content (AvgIpc) is 2.75. The van der Waals surface area contributed by atoms with Crippen LogP contribution >= 0.6 is 0 Å². The number of carbonyl (C=O) groups excluding carboxylic acids is 1. The second-order valence-electron chi connectivity index (χ2n) is 4.77. The summed E-state index contributed by atoms with van der Waals surface area (Å²) in [5.41, 5.74) is -0.626. The number of hydrogen-bond donors (Lipinski definition) is 1. The fraction of sp³-hybridized carbons (Fsp3) is 0.667. The van der Waals surface area contributed by atoms with Gasteiger partial charge in [0.05, 0.1) is 25.0 Å². The smallest absolute Gasteiger partial charge is 0.224 e. The Morgan fingerprint density at radius 1 is 1.53 bits per heavy atom. The molecule has 0 aliphatic carbocycles. The van der Waals surface area contributed by atoms with Crippen LogP contribution in [0.2, 0.25) is 0 Å². The Kier molecular flexibility index (Phi) is 3.47. The first-order valence-corrected chi connectivity index (χ1v) is 6.09. The number of aryl methyl sites for hydroxylation is 1. The van der Waals surface area contributed by atoms with Crippen LogP contribution in [0.3, 0.4) is 0 Å². The van der Waals surface area contributed by atoms with Crippen molar-refractivity contribution in [3.05, 3.63) is 18.7 Å². The molecule has 0 bridgehead atoms. The van der Waals surface area contributed by atoms with Crippen molar-refractivity contribution < 1.29 is 9.90 Å². The van der Waals surface area contributed by atoms with Crippen LogP contribution in [0.1, 0.15) is 26.2 Å². The first-order chi connectivity index (χ1) is 8.13. The molecule has 1 aromatic rings. The molecule has 17 heavy (non-hydrogen) atoms. The second kappa shape index (κ2) is 4.87. The minimum Gasteiger partial charge on any atom is -0.386 e. The monoisotopic (exact) mass is 237 g/mol. The maximum absolute atomic E-state index is 11.8. The molecule has 1 amide bonds. The molecule has 1 aromatic heterocycles. The van der Waals surface area contributed by atoms with Gasteiger partial charge in [-0.15, -0.1) is 0 Å². The van der Waals surface area contributed by atoms with Crippen LogP contribution in [0, 0.1) is 0 Å². The van der Waals surface area contributed by atoms with Gasteiger partial charge < -0.3 is 14.6 Å². The number of hydrogen-bond acceptors (Lipinski definition) is 3. The zero-order valence-electron chi connectivity index (χ0n) is 10.2. The van der Waals surface area contributed by atoms with E-state index >= 15 is 0 Å². The second-order valence-corrected chi connectivity index (χ2v) is 4.77. The molecule has 0 radical (unpaired) electrons. The van der Waals surface area contributed by atoms with Gasteiger partial charge in [-0.2, -0.15) is 0 Å². The first-order valence-electron chi connectivity index (χ1n) is 6.09. The number of carbonyl (C=O) groups is 1. The third-order valence-corrected chi connectivity index (χ3v) is 3.18. The van der Waals surface area contributed by atoms with E-state index in [0.717, 1.165) is 12.8 Å². The van der Waals surface area contributed by atoms with Gasteiger partial charge in [0.2, 0.25) is 5.91 Å². The molecule has 0 unspecified atom stereocenters. The Bertz CT molecular complexity index is 369. The summed E-state index contributed by atoms with van der Waals surface area (Å²) in [5, 5.41) is 9.97. The van der Waals surface area contributed by atoms with E-state index in [1.807, 2.05) is 17.7 Å². The minimum atomic E-state index is -0.626. The quantitative estimate of drug-likeness (QED) is 0.818. The van der Waals surface area contributed by atoms with E-state index in [-0.39, 0.29) is 5.91 Å².